The van der Waals surface area contributed by atoms with Crippen molar-refractivity contribution in [3.63, 3.8) is 0 Å². The van der Waals surface area contributed by atoms with E-state index >= 15 is 0 Å². The maximum absolute atomic E-state index is 11.5. The maximum Gasteiger partial charge on any atom is 0.220 e. The molecule has 0 aromatic carbocycles. The Morgan fingerprint density at radius 1 is 1.50 bits per heavy atom. The number of aromatic nitrogens is 1. The van der Waals surface area contributed by atoms with Crippen molar-refractivity contribution in [2.45, 2.75) is 33.1 Å². The second-order valence-corrected chi connectivity index (χ2v) is 4.64. The summed E-state index contributed by atoms with van der Waals surface area (Å²) in [7, 11) is 2.01. The van der Waals surface area contributed by atoms with E-state index in [1.54, 1.807) is 0 Å². The lowest BCUT2D eigenvalue weighted by Crippen LogP contribution is -2.25. The Kier molecular flexibility index (Phi) is 5.09. The zero-order valence-electron chi connectivity index (χ0n) is 10.5. The van der Waals surface area contributed by atoms with Crippen LogP contribution in [0.1, 0.15) is 32.4 Å². The van der Waals surface area contributed by atoms with Crippen molar-refractivity contribution in [1.82, 2.24) is 9.88 Å². The molecule has 0 atom stereocenters. The average Bonchev–Trinajstić information content (AvgIpc) is 2.60. The van der Waals surface area contributed by atoms with Gasteiger partial charge in [0.2, 0.25) is 5.91 Å². The average molecular weight is 222 g/mol. The van der Waals surface area contributed by atoms with Crippen LogP contribution in [0.3, 0.4) is 0 Å². The molecule has 1 heterocycles. The van der Waals surface area contributed by atoms with Gasteiger partial charge >= 0.3 is 0 Å². The van der Waals surface area contributed by atoms with Gasteiger partial charge in [0, 0.05) is 31.9 Å². The molecule has 16 heavy (non-hydrogen) atoms. The van der Waals surface area contributed by atoms with Crippen LogP contribution in [-0.4, -0.2) is 17.0 Å². The molecule has 0 aliphatic heterocycles. The molecule has 3 heteroatoms. The lowest BCUT2D eigenvalue weighted by molar-refractivity contribution is -0.121. The van der Waals surface area contributed by atoms with Crippen molar-refractivity contribution in [3.05, 3.63) is 24.0 Å². The number of nitrogens with zero attached hydrogens (tertiary/aromatic N) is 1. The van der Waals surface area contributed by atoms with Crippen LogP contribution in [0.25, 0.3) is 0 Å². The molecule has 1 aromatic rings. The van der Waals surface area contributed by atoms with Crippen LogP contribution in [-0.2, 0) is 18.3 Å². The smallest absolute Gasteiger partial charge is 0.220 e. The highest BCUT2D eigenvalue weighted by Gasteiger charge is 2.03. The van der Waals surface area contributed by atoms with Gasteiger partial charge in [0.15, 0.2) is 0 Å². The van der Waals surface area contributed by atoms with E-state index in [4.69, 9.17) is 0 Å². The summed E-state index contributed by atoms with van der Waals surface area (Å²) in [6.07, 6.45) is 4.45. The molecule has 0 aliphatic carbocycles. The fraction of sp³-hybridized carbons (Fsp3) is 0.615. The summed E-state index contributed by atoms with van der Waals surface area (Å²) in [6, 6.07) is 4.06. The first-order valence-corrected chi connectivity index (χ1v) is 5.96. The third kappa shape index (κ3) is 4.51. The molecular formula is C13H22N2O. The topological polar surface area (TPSA) is 34.0 Å². The zero-order valence-corrected chi connectivity index (χ0v) is 10.5. The van der Waals surface area contributed by atoms with Gasteiger partial charge in [-0.15, -0.1) is 0 Å². The highest BCUT2D eigenvalue weighted by atomic mass is 16.1. The van der Waals surface area contributed by atoms with Crippen molar-refractivity contribution in [2.24, 2.45) is 13.0 Å². The number of carbonyl (C=O) groups is 1. The van der Waals surface area contributed by atoms with Gasteiger partial charge < -0.3 is 9.88 Å². The Labute approximate surface area is 97.8 Å². The van der Waals surface area contributed by atoms with E-state index in [2.05, 4.69) is 29.8 Å². The molecule has 1 aromatic heterocycles. The van der Waals surface area contributed by atoms with Gasteiger partial charge in [-0.25, -0.2) is 0 Å². The molecular weight excluding hydrogens is 200 g/mol. The summed E-state index contributed by atoms with van der Waals surface area (Å²) in [6.45, 7) is 5.12. The van der Waals surface area contributed by atoms with Gasteiger partial charge in [0.25, 0.3) is 0 Å². The maximum atomic E-state index is 11.5. The predicted molar refractivity (Wildman–Crippen MR) is 66.2 cm³/mol. The molecule has 0 spiro atoms. The number of amides is 1. The molecule has 0 saturated carbocycles. The zero-order chi connectivity index (χ0) is 12.0. The van der Waals surface area contributed by atoms with Crippen LogP contribution in [0.5, 0.6) is 0 Å². The normalized spacial score (nSPS) is 10.8. The number of nitrogens with one attached hydrogen (secondary N) is 1. The van der Waals surface area contributed by atoms with Crippen molar-refractivity contribution < 1.29 is 4.79 Å². The Morgan fingerprint density at radius 2 is 2.25 bits per heavy atom. The molecule has 1 N–H and O–H groups in total. The molecule has 0 aliphatic rings. The highest BCUT2D eigenvalue weighted by Crippen LogP contribution is 2.03. The molecule has 1 amide bonds. The van der Waals surface area contributed by atoms with E-state index < -0.39 is 0 Å². The first kappa shape index (κ1) is 12.8. The number of aryl methyl sites for hydroxylation is 2. The standard InChI is InChI=1S/C13H22N2O/c1-11(2)8-9-14-13(16)7-6-12-5-4-10-15(12)3/h4-5,10-11H,6-9H2,1-3H3,(H,14,16). The summed E-state index contributed by atoms with van der Waals surface area (Å²) < 4.78 is 2.06. The largest absolute Gasteiger partial charge is 0.356 e. The molecule has 3 nitrogen and oxygen atoms in total. The fourth-order valence-electron chi connectivity index (χ4n) is 1.59. The summed E-state index contributed by atoms with van der Waals surface area (Å²) in [5.41, 5.74) is 1.21. The van der Waals surface area contributed by atoms with E-state index in [0.717, 1.165) is 19.4 Å². The summed E-state index contributed by atoms with van der Waals surface area (Å²) >= 11 is 0. The van der Waals surface area contributed by atoms with Gasteiger partial charge in [-0.1, -0.05) is 13.8 Å². The van der Waals surface area contributed by atoms with Gasteiger partial charge in [0.1, 0.15) is 0 Å². The summed E-state index contributed by atoms with van der Waals surface area (Å²) in [4.78, 5) is 11.5. The molecule has 0 unspecified atom stereocenters. The second-order valence-electron chi connectivity index (χ2n) is 4.64. The van der Waals surface area contributed by atoms with Crippen LogP contribution in [0.4, 0.5) is 0 Å². The highest BCUT2D eigenvalue weighted by molar-refractivity contribution is 5.76. The minimum Gasteiger partial charge on any atom is -0.356 e. The quantitative estimate of drug-likeness (QED) is 0.786. The Hall–Kier alpha value is -1.25. The van der Waals surface area contributed by atoms with Crippen molar-refractivity contribution >= 4 is 5.91 Å². The third-order valence-electron chi connectivity index (χ3n) is 2.70. The van der Waals surface area contributed by atoms with Crippen LogP contribution in [0.2, 0.25) is 0 Å². The van der Waals surface area contributed by atoms with E-state index in [9.17, 15) is 4.79 Å². The monoisotopic (exact) mass is 222 g/mol. The predicted octanol–water partition coefficient (Wildman–Crippen LogP) is 2.12. The van der Waals surface area contributed by atoms with E-state index in [1.165, 1.54) is 5.69 Å². The van der Waals surface area contributed by atoms with Crippen LogP contribution < -0.4 is 5.32 Å². The van der Waals surface area contributed by atoms with Gasteiger partial charge in [-0.2, -0.15) is 0 Å². The molecule has 0 fully saturated rings. The summed E-state index contributed by atoms with van der Waals surface area (Å²) in [5.74, 6) is 0.801. The summed E-state index contributed by atoms with van der Waals surface area (Å²) in [5, 5.41) is 2.95. The van der Waals surface area contributed by atoms with E-state index in [1.807, 2.05) is 19.3 Å². The fourth-order valence-corrected chi connectivity index (χ4v) is 1.59. The number of hydrogen-bond acceptors (Lipinski definition) is 1. The van der Waals surface area contributed by atoms with Crippen LogP contribution in [0.15, 0.2) is 18.3 Å². The van der Waals surface area contributed by atoms with Crippen molar-refractivity contribution in [1.29, 1.82) is 0 Å². The lowest BCUT2D eigenvalue weighted by atomic mass is 10.1. The minimum atomic E-state index is 0.154. The SMILES string of the molecule is CC(C)CCNC(=O)CCc1cccn1C. The molecule has 0 bridgehead atoms. The molecule has 0 radical (unpaired) electrons. The van der Waals surface area contributed by atoms with Crippen LogP contribution >= 0.6 is 0 Å². The van der Waals surface area contributed by atoms with Gasteiger partial charge in [-0.3, -0.25) is 4.79 Å². The number of hydrogen-bond donors (Lipinski definition) is 1. The molecule has 0 saturated heterocycles. The van der Waals surface area contributed by atoms with E-state index in [-0.39, 0.29) is 5.91 Å². The van der Waals surface area contributed by atoms with Gasteiger partial charge in [-0.05, 0) is 30.9 Å². The Morgan fingerprint density at radius 3 is 2.81 bits per heavy atom. The van der Waals surface area contributed by atoms with Crippen molar-refractivity contribution in [2.75, 3.05) is 6.54 Å². The second kappa shape index (κ2) is 6.36. The number of rotatable bonds is 6. The van der Waals surface area contributed by atoms with Crippen molar-refractivity contribution in [3.8, 4) is 0 Å². The lowest BCUT2D eigenvalue weighted by Gasteiger charge is -2.07. The number of carbonyl (C=O) groups excluding carboxylic acids is 1. The minimum absolute atomic E-state index is 0.154. The first-order chi connectivity index (χ1) is 7.59. The van der Waals surface area contributed by atoms with Crippen LogP contribution in [0, 0.1) is 5.92 Å². The van der Waals surface area contributed by atoms with Gasteiger partial charge in [0.05, 0.1) is 0 Å². The van der Waals surface area contributed by atoms with E-state index in [0.29, 0.717) is 12.3 Å². The molecule has 90 valence electrons. The Bertz CT molecular complexity index is 328. The molecule has 1 rings (SSSR count). The Balaban J connectivity index is 2.18. The first-order valence-electron chi connectivity index (χ1n) is 5.96. The third-order valence-corrected chi connectivity index (χ3v) is 2.70.